The Bertz CT molecular complexity index is 1160. The molecule has 0 spiro atoms. The van der Waals surface area contributed by atoms with Gasteiger partial charge in [0.05, 0.1) is 6.04 Å². The first-order valence-electron chi connectivity index (χ1n) is 13.6. The van der Waals surface area contributed by atoms with Gasteiger partial charge in [-0.3, -0.25) is 14.4 Å². The van der Waals surface area contributed by atoms with E-state index in [-0.39, 0.29) is 30.8 Å². The molecule has 2 aromatic rings. The Kier molecular flexibility index (Phi) is 13.0. The van der Waals surface area contributed by atoms with Gasteiger partial charge in [0, 0.05) is 6.42 Å². The van der Waals surface area contributed by atoms with E-state index in [0.29, 0.717) is 30.5 Å². The largest absolute Gasteiger partial charge is 0.508 e. The minimum atomic E-state index is -1.19. The van der Waals surface area contributed by atoms with Crippen LogP contribution in [0.25, 0.3) is 0 Å². The molecule has 12 heteroatoms. The number of carboxylic acid groups (broad SMARTS) is 1. The van der Waals surface area contributed by atoms with Crippen LogP contribution < -0.4 is 27.4 Å². The number of aromatic hydroxyl groups is 2. The Balaban J connectivity index is 2.24. The lowest BCUT2D eigenvalue weighted by Gasteiger charge is -2.26. The Morgan fingerprint density at radius 3 is 1.71 bits per heavy atom. The summed E-state index contributed by atoms with van der Waals surface area (Å²) in [5.41, 5.74) is 13.0. The summed E-state index contributed by atoms with van der Waals surface area (Å²) in [6.07, 6.45) is 1.48. The van der Waals surface area contributed by atoms with Crippen LogP contribution in [0.4, 0.5) is 0 Å². The van der Waals surface area contributed by atoms with Crippen LogP contribution in [0.1, 0.15) is 44.2 Å². The lowest BCUT2D eigenvalue weighted by molar-refractivity contribution is -0.143. The summed E-state index contributed by atoms with van der Waals surface area (Å²) in [5, 5.41) is 36.5. The van der Waals surface area contributed by atoms with E-state index in [1.54, 1.807) is 38.1 Å². The number of nitrogens with one attached hydrogen (secondary N) is 3. The zero-order valence-corrected chi connectivity index (χ0v) is 23.4. The number of amides is 3. The van der Waals surface area contributed by atoms with Gasteiger partial charge in [-0.2, -0.15) is 0 Å². The van der Waals surface area contributed by atoms with E-state index in [0.717, 1.165) is 0 Å². The number of hydrogen-bond acceptors (Lipinski definition) is 8. The molecule has 4 atom stereocenters. The van der Waals surface area contributed by atoms with E-state index < -0.39 is 53.8 Å². The number of unbranched alkanes of at least 4 members (excludes halogenated alkanes) is 1. The monoisotopic (exact) mass is 571 g/mol. The molecular formula is C29H41N5O7. The molecule has 0 radical (unpaired) electrons. The molecule has 224 valence electrons. The molecule has 2 aromatic carbocycles. The third-order valence-corrected chi connectivity index (χ3v) is 6.55. The highest BCUT2D eigenvalue weighted by atomic mass is 16.4. The maximum absolute atomic E-state index is 13.5. The van der Waals surface area contributed by atoms with E-state index in [4.69, 9.17) is 11.5 Å². The van der Waals surface area contributed by atoms with Crippen LogP contribution in [-0.4, -0.2) is 69.7 Å². The lowest BCUT2D eigenvalue weighted by atomic mass is 10.0. The van der Waals surface area contributed by atoms with Gasteiger partial charge in [0.15, 0.2) is 0 Å². The lowest BCUT2D eigenvalue weighted by Crippen LogP contribution is -2.58. The van der Waals surface area contributed by atoms with Crippen molar-refractivity contribution in [3.05, 3.63) is 59.7 Å². The predicted octanol–water partition coefficient (Wildman–Crippen LogP) is 0.534. The first-order valence-corrected chi connectivity index (χ1v) is 13.6. The quantitative estimate of drug-likeness (QED) is 0.132. The average molecular weight is 572 g/mol. The van der Waals surface area contributed by atoms with Crippen molar-refractivity contribution in [3.8, 4) is 11.5 Å². The molecular weight excluding hydrogens is 530 g/mol. The van der Waals surface area contributed by atoms with E-state index in [1.807, 2.05) is 0 Å². The Morgan fingerprint density at radius 2 is 1.22 bits per heavy atom. The molecule has 0 aliphatic heterocycles. The van der Waals surface area contributed by atoms with Crippen LogP contribution in [0.5, 0.6) is 11.5 Å². The van der Waals surface area contributed by atoms with Gasteiger partial charge in [-0.05, 0) is 73.5 Å². The Labute approximate surface area is 239 Å². The zero-order chi connectivity index (χ0) is 30.5. The van der Waals surface area contributed by atoms with Crippen LogP contribution in [0.3, 0.4) is 0 Å². The van der Waals surface area contributed by atoms with Gasteiger partial charge in [-0.25, -0.2) is 4.79 Å². The van der Waals surface area contributed by atoms with Gasteiger partial charge in [0.25, 0.3) is 0 Å². The third-order valence-electron chi connectivity index (χ3n) is 6.55. The van der Waals surface area contributed by atoms with E-state index in [1.165, 1.54) is 24.3 Å². The molecule has 0 aliphatic carbocycles. The predicted molar refractivity (Wildman–Crippen MR) is 153 cm³/mol. The van der Waals surface area contributed by atoms with E-state index in [2.05, 4.69) is 16.0 Å². The number of carbonyl (C=O) groups excluding carboxylic acids is 3. The van der Waals surface area contributed by atoms with Gasteiger partial charge in [0.2, 0.25) is 17.7 Å². The first kappa shape index (κ1) is 33.0. The summed E-state index contributed by atoms with van der Waals surface area (Å²) in [6, 6.07) is 7.95. The van der Waals surface area contributed by atoms with Crippen molar-refractivity contribution in [2.75, 3.05) is 6.54 Å². The van der Waals surface area contributed by atoms with E-state index >= 15 is 0 Å². The number of phenolic OH excluding ortho intramolecular Hbond substituents is 2. The molecule has 10 N–H and O–H groups in total. The maximum Gasteiger partial charge on any atom is 0.326 e. The second-order valence-electron chi connectivity index (χ2n) is 10.3. The highest BCUT2D eigenvalue weighted by molar-refractivity contribution is 5.94. The molecule has 41 heavy (non-hydrogen) atoms. The van der Waals surface area contributed by atoms with Gasteiger partial charge < -0.3 is 42.7 Å². The number of carbonyl (C=O) groups is 4. The highest BCUT2D eigenvalue weighted by Crippen LogP contribution is 2.14. The normalized spacial score (nSPS) is 14.0. The van der Waals surface area contributed by atoms with Crippen molar-refractivity contribution in [2.24, 2.45) is 17.4 Å². The maximum atomic E-state index is 13.5. The SMILES string of the molecule is CC(C)[C@H](NC(=O)[C@H](CCCCN)NC(=O)[C@H](Cc1ccc(O)cc1)NC(=O)[C@@H](N)Cc1ccc(O)cc1)C(=O)O. The van der Waals surface area contributed by atoms with Crippen LogP contribution in [-0.2, 0) is 32.0 Å². The van der Waals surface area contributed by atoms with Gasteiger partial charge in [-0.15, -0.1) is 0 Å². The van der Waals surface area contributed by atoms with Crippen LogP contribution in [0.15, 0.2) is 48.5 Å². The molecule has 0 heterocycles. The summed E-state index contributed by atoms with van der Waals surface area (Å²) < 4.78 is 0. The molecule has 0 aromatic heterocycles. The van der Waals surface area contributed by atoms with Gasteiger partial charge >= 0.3 is 5.97 Å². The number of carboxylic acids is 1. The van der Waals surface area contributed by atoms with Crippen molar-refractivity contribution in [1.82, 2.24) is 16.0 Å². The van der Waals surface area contributed by atoms with Crippen molar-refractivity contribution in [2.45, 2.75) is 70.1 Å². The van der Waals surface area contributed by atoms with Crippen molar-refractivity contribution < 1.29 is 34.5 Å². The Morgan fingerprint density at radius 1 is 0.732 bits per heavy atom. The van der Waals surface area contributed by atoms with Crippen molar-refractivity contribution >= 4 is 23.7 Å². The molecule has 0 aliphatic rings. The first-order chi connectivity index (χ1) is 19.4. The topological polar surface area (TPSA) is 217 Å². The average Bonchev–Trinajstić information content (AvgIpc) is 2.92. The van der Waals surface area contributed by atoms with Crippen molar-refractivity contribution in [3.63, 3.8) is 0 Å². The third kappa shape index (κ3) is 11.1. The number of aliphatic carboxylic acids is 1. The molecule has 12 nitrogen and oxygen atoms in total. The zero-order valence-electron chi connectivity index (χ0n) is 23.4. The number of benzene rings is 2. The van der Waals surface area contributed by atoms with Crippen LogP contribution in [0.2, 0.25) is 0 Å². The smallest absolute Gasteiger partial charge is 0.326 e. The molecule has 0 fully saturated rings. The summed E-state index contributed by atoms with van der Waals surface area (Å²) in [4.78, 5) is 51.3. The van der Waals surface area contributed by atoms with Crippen LogP contribution >= 0.6 is 0 Å². The van der Waals surface area contributed by atoms with Gasteiger partial charge in [0.1, 0.15) is 29.6 Å². The molecule has 0 saturated heterocycles. The van der Waals surface area contributed by atoms with Gasteiger partial charge in [-0.1, -0.05) is 38.1 Å². The van der Waals surface area contributed by atoms with E-state index in [9.17, 15) is 34.5 Å². The second-order valence-corrected chi connectivity index (χ2v) is 10.3. The summed E-state index contributed by atoms with van der Waals surface area (Å²) in [5.74, 6) is -3.40. The molecule has 0 saturated carbocycles. The summed E-state index contributed by atoms with van der Waals surface area (Å²) in [7, 11) is 0. The second kappa shape index (κ2) is 16.2. The summed E-state index contributed by atoms with van der Waals surface area (Å²) >= 11 is 0. The number of phenols is 2. The molecule has 0 bridgehead atoms. The fraction of sp³-hybridized carbons (Fsp3) is 0.448. The number of rotatable bonds is 16. The fourth-order valence-electron chi connectivity index (χ4n) is 4.14. The van der Waals surface area contributed by atoms with Crippen molar-refractivity contribution in [1.29, 1.82) is 0 Å². The number of hydrogen-bond donors (Lipinski definition) is 8. The fourth-order valence-corrected chi connectivity index (χ4v) is 4.14. The van der Waals surface area contributed by atoms with Crippen LogP contribution in [0, 0.1) is 5.92 Å². The molecule has 0 unspecified atom stereocenters. The highest BCUT2D eigenvalue weighted by Gasteiger charge is 2.31. The number of nitrogens with two attached hydrogens (primary N) is 2. The summed E-state index contributed by atoms with van der Waals surface area (Å²) in [6.45, 7) is 3.70. The molecule has 3 amide bonds. The minimum absolute atomic E-state index is 0.0319. The minimum Gasteiger partial charge on any atom is -0.508 e. The molecule has 2 rings (SSSR count). The standard InChI is InChI=1S/C29H41N5O7/c1-17(2)25(29(40)41)34-27(38)23(5-3-4-14-30)32-28(39)24(16-19-8-12-21(36)13-9-19)33-26(37)22(31)15-18-6-10-20(35)11-7-18/h6-13,17,22-25,35-36H,3-5,14-16,30-31H2,1-2H3,(H,32,39)(H,33,37)(H,34,38)(H,40,41)/t22-,23-,24-,25-/m0/s1. The Hall–Kier alpha value is -4.16.